The van der Waals surface area contributed by atoms with Crippen LogP contribution in [0.5, 0.6) is 5.75 Å². The smallest absolute Gasteiger partial charge is 0.331 e. The number of aliphatic carboxylic acids is 1. The molecule has 0 aliphatic heterocycles. The molecule has 0 aromatic heterocycles. The number of fused-ring (bicyclic) bond motifs is 1. The van der Waals surface area contributed by atoms with Crippen molar-refractivity contribution in [2.75, 3.05) is 6.61 Å². The van der Waals surface area contributed by atoms with Crippen LogP contribution in [0.1, 0.15) is 77.0 Å². The van der Waals surface area contributed by atoms with Crippen molar-refractivity contribution in [1.82, 2.24) is 0 Å². The van der Waals surface area contributed by atoms with Crippen LogP contribution in [0.2, 0.25) is 5.02 Å². The molecule has 3 nitrogen and oxygen atoms in total. The monoisotopic (exact) mass is 548 g/mol. The fourth-order valence-electron chi connectivity index (χ4n) is 5.29. The molecule has 0 bridgehead atoms. The van der Waals surface area contributed by atoms with Crippen LogP contribution in [0.25, 0.3) is 21.9 Å². The van der Waals surface area contributed by atoms with Crippen LogP contribution in [-0.4, -0.2) is 17.7 Å². The van der Waals surface area contributed by atoms with Crippen LogP contribution >= 0.6 is 11.6 Å². The van der Waals surface area contributed by atoms with Crippen molar-refractivity contribution in [3.8, 4) is 5.75 Å². The summed E-state index contributed by atoms with van der Waals surface area (Å²) >= 11 is 6.78. The van der Waals surface area contributed by atoms with Gasteiger partial charge >= 0.3 is 5.97 Å². The fraction of sp³-hybridized carbons (Fsp3) is 0.324. The molecule has 0 saturated carbocycles. The number of carbonyl (C=O) groups is 1. The highest BCUT2D eigenvalue weighted by atomic mass is 35.5. The quantitative estimate of drug-likeness (QED) is 0.147. The molecule has 0 spiro atoms. The summed E-state index contributed by atoms with van der Waals surface area (Å²) < 4.78 is 19.7. The Labute approximate surface area is 236 Å². The number of halogens is 2. The molecule has 5 heteroatoms. The minimum Gasteiger partial charge on any atom is -0.493 e. The molecule has 1 N–H and O–H groups in total. The number of carboxylic acids is 1. The van der Waals surface area contributed by atoms with Gasteiger partial charge in [-0.25, -0.2) is 9.18 Å². The van der Waals surface area contributed by atoms with Gasteiger partial charge < -0.3 is 9.84 Å². The van der Waals surface area contributed by atoms with Crippen molar-refractivity contribution in [1.29, 1.82) is 0 Å². The Morgan fingerprint density at radius 1 is 1.08 bits per heavy atom. The second kappa shape index (κ2) is 13.6. The summed E-state index contributed by atoms with van der Waals surface area (Å²) in [7, 11) is 0. The van der Waals surface area contributed by atoms with Crippen molar-refractivity contribution in [3.63, 3.8) is 0 Å². The summed E-state index contributed by atoms with van der Waals surface area (Å²) in [5.41, 5.74) is 7.43. The average molecular weight is 549 g/mol. The van der Waals surface area contributed by atoms with E-state index in [1.807, 2.05) is 44.2 Å². The Balaban J connectivity index is 1.98. The number of ether oxygens (including phenoxy) is 1. The highest BCUT2D eigenvalue weighted by Crippen LogP contribution is 2.39. The number of benzene rings is 3. The topological polar surface area (TPSA) is 46.5 Å². The summed E-state index contributed by atoms with van der Waals surface area (Å²) in [6, 6.07) is 14.0. The molecular formula is C34H38ClFO3. The Morgan fingerprint density at radius 3 is 2.46 bits per heavy atom. The first-order chi connectivity index (χ1) is 18.6. The van der Waals surface area contributed by atoms with Crippen molar-refractivity contribution < 1.29 is 19.0 Å². The van der Waals surface area contributed by atoms with Gasteiger partial charge in [0.25, 0.3) is 0 Å². The van der Waals surface area contributed by atoms with E-state index in [-0.39, 0.29) is 5.82 Å². The van der Waals surface area contributed by atoms with E-state index in [9.17, 15) is 14.3 Å². The number of hydrogen-bond donors (Lipinski definition) is 1. The molecule has 0 amide bonds. The second-order valence-corrected chi connectivity index (χ2v) is 10.4. The number of allylic oxidation sites excluding steroid dienone is 5. The van der Waals surface area contributed by atoms with Gasteiger partial charge in [0.05, 0.1) is 6.61 Å². The van der Waals surface area contributed by atoms with E-state index in [0.717, 1.165) is 56.2 Å². The molecule has 206 valence electrons. The number of hydrogen-bond acceptors (Lipinski definition) is 2. The summed E-state index contributed by atoms with van der Waals surface area (Å²) in [5.74, 6) is -0.516. The lowest BCUT2D eigenvalue weighted by molar-refractivity contribution is -0.132. The number of carboxylic acid groups (broad SMARTS) is 1. The predicted molar refractivity (Wildman–Crippen MR) is 162 cm³/mol. The van der Waals surface area contributed by atoms with E-state index in [0.29, 0.717) is 42.2 Å². The molecule has 0 saturated heterocycles. The van der Waals surface area contributed by atoms with E-state index in [4.69, 9.17) is 16.3 Å². The summed E-state index contributed by atoms with van der Waals surface area (Å²) in [6.07, 6.45) is 4.65. The highest BCUT2D eigenvalue weighted by molar-refractivity contribution is 6.33. The molecule has 0 aliphatic carbocycles. The van der Waals surface area contributed by atoms with Gasteiger partial charge in [-0.05, 0) is 117 Å². The average Bonchev–Trinajstić information content (AvgIpc) is 2.88. The maximum absolute atomic E-state index is 13.7. The van der Waals surface area contributed by atoms with E-state index in [2.05, 4.69) is 33.8 Å². The van der Waals surface area contributed by atoms with Crippen LogP contribution < -0.4 is 4.74 Å². The van der Waals surface area contributed by atoms with Crippen LogP contribution in [0.3, 0.4) is 0 Å². The first-order valence-electron chi connectivity index (χ1n) is 13.5. The molecule has 3 rings (SSSR count). The minimum atomic E-state index is -0.912. The normalized spacial score (nSPS) is 12.4. The van der Waals surface area contributed by atoms with Gasteiger partial charge in [-0.2, -0.15) is 0 Å². The first kappa shape index (κ1) is 30.2. The minimum absolute atomic E-state index is 0.287. The van der Waals surface area contributed by atoms with Crippen LogP contribution in [0.4, 0.5) is 4.39 Å². The lowest BCUT2D eigenvalue weighted by atomic mass is 9.85. The molecule has 0 heterocycles. The zero-order valence-electron chi connectivity index (χ0n) is 23.8. The van der Waals surface area contributed by atoms with Crippen LogP contribution in [0.15, 0.2) is 71.3 Å². The SMILES string of the molecule is CC/C=C(/C)C(=C(C)C)c1c(Cl)ccc(/C(CCCOc2cccc3cc(F)ccc23)=C(\CC)C(=O)O)c1C. The van der Waals surface area contributed by atoms with Gasteiger partial charge in [0, 0.05) is 21.5 Å². The van der Waals surface area contributed by atoms with Gasteiger partial charge in [-0.15, -0.1) is 0 Å². The standard InChI is InChI=1S/C34H38ClFO3/c1-7-11-22(5)32(21(3)4)33-23(6)27(17-18-30(33)35)29(26(8-2)34(37)38)13-10-19-39-31-14-9-12-24-20-25(36)15-16-28(24)31/h9,11-12,14-18,20H,7-8,10,13,19H2,1-6H3,(H,37,38)/b22-11-,29-26+. The molecular weight excluding hydrogens is 511 g/mol. The lowest BCUT2D eigenvalue weighted by Gasteiger charge is -2.21. The van der Waals surface area contributed by atoms with Gasteiger partial charge in [0.1, 0.15) is 11.6 Å². The van der Waals surface area contributed by atoms with E-state index < -0.39 is 5.97 Å². The number of rotatable bonds is 11. The van der Waals surface area contributed by atoms with Crippen LogP contribution in [0, 0.1) is 12.7 Å². The molecule has 3 aromatic carbocycles. The Kier molecular flexibility index (Phi) is 10.5. The third kappa shape index (κ3) is 6.99. The molecule has 0 unspecified atom stereocenters. The molecule has 3 aromatic rings. The van der Waals surface area contributed by atoms with Crippen molar-refractivity contribution in [3.05, 3.63) is 98.9 Å². The summed E-state index contributed by atoms with van der Waals surface area (Å²) in [4.78, 5) is 12.3. The second-order valence-electron chi connectivity index (χ2n) is 9.95. The summed E-state index contributed by atoms with van der Waals surface area (Å²) in [6.45, 7) is 12.7. The van der Waals surface area contributed by atoms with E-state index >= 15 is 0 Å². The Bertz CT molecular complexity index is 1460. The van der Waals surface area contributed by atoms with Gasteiger partial charge in [0.15, 0.2) is 0 Å². The zero-order chi connectivity index (χ0) is 28.7. The largest absolute Gasteiger partial charge is 0.493 e. The van der Waals surface area contributed by atoms with E-state index in [1.54, 1.807) is 6.07 Å². The first-order valence-corrected chi connectivity index (χ1v) is 13.9. The summed E-state index contributed by atoms with van der Waals surface area (Å²) in [5, 5.41) is 12.4. The van der Waals surface area contributed by atoms with E-state index in [1.165, 1.54) is 12.1 Å². The Morgan fingerprint density at radius 2 is 1.82 bits per heavy atom. The Hall–Kier alpha value is -3.37. The third-order valence-electron chi connectivity index (χ3n) is 7.00. The molecule has 39 heavy (non-hydrogen) atoms. The maximum atomic E-state index is 13.7. The molecule has 0 radical (unpaired) electrons. The zero-order valence-corrected chi connectivity index (χ0v) is 24.5. The predicted octanol–water partition coefficient (Wildman–Crippen LogP) is 10.2. The molecule has 0 atom stereocenters. The molecule has 0 fully saturated rings. The highest BCUT2D eigenvalue weighted by Gasteiger charge is 2.21. The van der Waals surface area contributed by atoms with Crippen LogP contribution in [-0.2, 0) is 4.79 Å². The van der Waals surface area contributed by atoms with Crippen molar-refractivity contribution in [2.45, 2.75) is 67.2 Å². The third-order valence-corrected chi connectivity index (χ3v) is 7.32. The van der Waals surface area contributed by atoms with Crippen molar-refractivity contribution >= 4 is 39.5 Å². The lowest BCUT2D eigenvalue weighted by Crippen LogP contribution is -2.08. The maximum Gasteiger partial charge on any atom is 0.331 e. The van der Waals surface area contributed by atoms with Crippen molar-refractivity contribution in [2.24, 2.45) is 0 Å². The van der Waals surface area contributed by atoms with Gasteiger partial charge in [-0.3, -0.25) is 0 Å². The fourth-order valence-corrected chi connectivity index (χ4v) is 5.59. The molecule has 0 aliphatic rings. The van der Waals surface area contributed by atoms with Gasteiger partial charge in [0.2, 0.25) is 0 Å². The van der Waals surface area contributed by atoms with Gasteiger partial charge in [-0.1, -0.05) is 55.3 Å².